The quantitative estimate of drug-likeness (QED) is 0.473. The third-order valence-corrected chi connectivity index (χ3v) is 4.11. The average Bonchev–Trinajstić information content (AvgIpc) is 2.56. The molecule has 0 amide bonds. The molecule has 146 valence electrons. The molecule has 0 aromatic carbocycles. The van der Waals surface area contributed by atoms with Crippen LogP contribution in [0.25, 0.3) is 0 Å². The third-order valence-electron chi connectivity index (χ3n) is 4.11. The van der Waals surface area contributed by atoms with E-state index in [1.165, 1.54) is 6.42 Å². The highest BCUT2D eigenvalue weighted by molar-refractivity contribution is 5.80. The molecule has 1 aliphatic heterocycles. The molecular weight excluding hydrogens is 345 g/mol. The molecule has 0 radical (unpaired) electrons. The third kappa shape index (κ3) is 6.03. The Morgan fingerprint density at radius 1 is 1.31 bits per heavy atom. The summed E-state index contributed by atoms with van der Waals surface area (Å²) in [7, 11) is 0. The van der Waals surface area contributed by atoms with E-state index in [-0.39, 0.29) is 5.95 Å². The fourth-order valence-electron chi connectivity index (χ4n) is 3.19. The summed E-state index contributed by atoms with van der Waals surface area (Å²) in [5.41, 5.74) is -0.955. The van der Waals surface area contributed by atoms with Gasteiger partial charge >= 0.3 is 6.18 Å². The summed E-state index contributed by atoms with van der Waals surface area (Å²) in [6, 6.07) is 0.852. The Kier molecular flexibility index (Phi) is 7.05. The lowest BCUT2D eigenvalue weighted by atomic mass is 9.92. The maximum absolute atomic E-state index is 12.7. The minimum Gasteiger partial charge on any atom is -0.357 e. The summed E-state index contributed by atoms with van der Waals surface area (Å²) >= 11 is 0. The van der Waals surface area contributed by atoms with E-state index in [0.717, 1.165) is 37.9 Å². The highest BCUT2D eigenvalue weighted by Crippen LogP contribution is 2.27. The van der Waals surface area contributed by atoms with Crippen molar-refractivity contribution < 1.29 is 13.2 Å². The van der Waals surface area contributed by atoms with Crippen LogP contribution in [0, 0.1) is 11.8 Å². The molecule has 2 rings (SSSR count). The Labute approximate surface area is 152 Å². The van der Waals surface area contributed by atoms with Crippen molar-refractivity contribution in [1.29, 1.82) is 0 Å². The summed E-state index contributed by atoms with van der Waals surface area (Å²) in [6.07, 6.45) is -2.16. The zero-order chi connectivity index (χ0) is 19.2. The summed E-state index contributed by atoms with van der Waals surface area (Å²) in [4.78, 5) is 14.1. The van der Waals surface area contributed by atoms with E-state index in [2.05, 4.69) is 44.3 Å². The minimum absolute atomic E-state index is 0.0414. The number of aromatic nitrogens is 2. The van der Waals surface area contributed by atoms with Crippen LogP contribution in [0.5, 0.6) is 0 Å². The van der Waals surface area contributed by atoms with Crippen molar-refractivity contribution in [1.82, 2.24) is 20.2 Å². The fourth-order valence-corrected chi connectivity index (χ4v) is 3.19. The predicted octanol–water partition coefficient (Wildman–Crippen LogP) is 2.85. The Hall–Kier alpha value is -2.06. The number of likely N-dealkylation sites (tertiary alicyclic amines) is 1. The molecule has 0 bridgehead atoms. The van der Waals surface area contributed by atoms with Gasteiger partial charge in [-0.15, -0.1) is 0 Å². The summed E-state index contributed by atoms with van der Waals surface area (Å²) in [5.74, 6) is 2.02. The number of anilines is 1. The summed E-state index contributed by atoms with van der Waals surface area (Å²) in [5, 5.41) is 6.09. The first-order valence-corrected chi connectivity index (χ1v) is 8.97. The Bertz CT molecular complexity index is 594. The maximum atomic E-state index is 12.7. The van der Waals surface area contributed by atoms with Crippen LogP contribution in [0.15, 0.2) is 17.3 Å². The molecule has 26 heavy (non-hydrogen) atoms. The molecular formula is C17H27F3N6. The van der Waals surface area contributed by atoms with Crippen LogP contribution in [0.3, 0.4) is 0 Å². The standard InChI is InChI=1S/C17H27F3N6/c1-4-21-16(26-10-12(2)9-13(3)11-26)24-8-7-23-15-22-6-5-14(25-15)17(18,19)20/h5-6,12-13H,4,7-11H2,1-3H3,(H,21,24)(H,22,23,25). The van der Waals surface area contributed by atoms with Gasteiger partial charge in [-0.05, 0) is 31.2 Å². The maximum Gasteiger partial charge on any atom is 0.433 e. The first kappa shape index (κ1) is 20.3. The van der Waals surface area contributed by atoms with Gasteiger partial charge in [-0.2, -0.15) is 13.2 Å². The first-order valence-electron chi connectivity index (χ1n) is 8.97. The van der Waals surface area contributed by atoms with Crippen molar-refractivity contribution in [3.63, 3.8) is 0 Å². The topological polar surface area (TPSA) is 65.4 Å². The zero-order valence-electron chi connectivity index (χ0n) is 15.5. The van der Waals surface area contributed by atoms with Gasteiger partial charge in [0.25, 0.3) is 0 Å². The lowest BCUT2D eigenvalue weighted by Crippen LogP contribution is -2.48. The van der Waals surface area contributed by atoms with Gasteiger partial charge in [-0.1, -0.05) is 13.8 Å². The molecule has 2 N–H and O–H groups in total. The number of halogens is 3. The van der Waals surface area contributed by atoms with Crippen molar-refractivity contribution in [2.45, 2.75) is 33.4 Å². The number of nitrogens with one attached hydrogen (secondary N) is 2. The van der Waals surface area contributed by atoms with Crippen LogP contribution < -0.4 is 10.6 Å². The van der Waals surface area contributed by atoms with E-state index < -0.39 is 11.9 Å². The van der Waals surface area contributed by atoms with Gasteiger partial charge < -0.3 is 15.5 Å². The number of nitrogens with zero attached hydrogens (tertiary/aromatic N) is 4. The molecule has 0 saturated carbocycles. The lowest BCUT2D eigenvalue weighted by Gasteiger charge is -2.37. The first-order chi connectivity index (χ1) is 12.3. The Morgan fingerprint density at radius 2 is 2.00 bits per heavy atom. The van der Waals surface area contributed by atoms with Gasteiger partial charge in [0.15, 0.2) is 5.96 Å². The number of hydrogen-bond donors (Lipinski definition) is 2. The molecule has 1 aliphatic rings. The van der Waals surface area contributed by atoms with E-state index in [0.29, 0.717) is 24.9 Å². The van der Waals surface area contributed by atoms with Crippen molar-refractivity contribution in [2.75, 3.05) is 38.0 Å². The number of guanidine groups is 1. The number of piperidine rings is 1. The molecule has 2 heterocycles. The van der Waals surface area contributed by atoms with Crippen LogP contribution >= 0.6 is 0 Å². The normalized spacial score (nSPS) is 21.6. The van der Waals surface area contributed by atoms with Gasteiger partial charge in [0, 0.05) is 32.4 Å². The summed E-state index contributed by atoms with van der Waals surface area (Å²) < 4.78 is 38.0. The smallest absolute Gasteiger partial charge is 0.357 e. The lowest BCUT2D eigenvalue weighted by molar-refractivity contribution is -0.141. The molecule has 1 aromatic rings. The molecule has 1 saturated heterocycles. The highest BCUT2D eigenvalue weighted by atomic mass is 19.4. The summed E-state index contributed by atoms with van der Waals surface area (Å²) in [6.45, 7) is 9.94. The fraction of sp³-hybridized carbons (Fsp3) is 0.706. The molecule has 2 atom stereocenters. The molecule has 0 spiro atoms. The molecule has 0 aliphatic carbocycles. The van der Waals surface area contributed by atoms with E-state index in [4.69, 9.17) is 0 Å². The second-order valence-corrected chi connectivity index (χ2v) is 6.78. The second kappa shape index (κ2) is 9.05. The van der Waals surface area contributed by atoms with Crippen LogP contribution in [0.2, 0.25) is 0 Å². The van der Waals surface area contributed by atoms with E-state index in [1.807, 2.05) is 6.92 Å². The largest absolute Gasteiger partial charge is 0.433 e. The predicted molar refractivity (Wildman–Crippen MR) is 96.0 cm³/mol. The number of rotatable bonds is 5. The van der Waals surface area contributed by atoms with Gasteiger partial charge in [0.05, 0.1) is 6.54 Å². The zero-order valence-corrected chi connectivity index (χ0v) is 15.5. The number of alkyl halides is 3. The number of hydrogen-bond acceptors (Lipinski definition) is 4. The SMILES string of the molecule is CCNC(=NCCNc1nccc(C(F)(F)F)n1)N1CC(C)CC(C)C1. The van der Waals surface area contributed by atoms with Crippen molar-refractivity contribution in [3.05, 3.63) is 18.0 Å². The molecule has 2 unspecified atom stereocenters. The Balaban J connectivity index is 1.92. The van der Waals surface area contributed by atoms with E-state index >= 15 is 0 Å². The van der Waals surface area contributed by atoms with Crippen molar-refractivity contribution in [2.24, 2.45) is 16.8 Å². The molecule has 9 heteroatoms. The molecule has 1 aromatic heterocycles. The van der Waals surface area contributed by atoms with Crippen LogP contribution in [-0.2, 0) is 6.18 Å². The van der Waals surface area contributed by atoms with Gasteiger partial charge in [0.2, 0.25) is 5.95 Å². The van der Waals surface area contributed by atoms with E-state index in [9.17, 15) is 13.2 Å². The van der Waals surface area contributed by atoms with Crippen molar-refractivity contribution >= 4 is 11.9 Å². The number of aliphatic imine (C=N–C) groups is 1. The van der Waals surface area contributed by atoms with Crippen LogP contribution in [0.1, 0.15) is 32.9 Å². The average molecular weight is 372 g/mol. The van der Waals surface area contributed by atoms with E-state index in [1.54, 1.807) is 0 Å². The second-order valence-electron chi connectivity index (χ2n) is 6.78. The van der Waals surface area contributed by atoms with Crippen molar-refractivity contribution in [3.8, 4) is 0 Å². The Morgan fingerprint density at radius 3 is 2.62 bits per heavy atom. The monoisotopic (exact) mass is 372 g/mol. The highest BCUT2D eigenvalue weighted by Gasteiger charge is 2.32. The van der Waals surface area contributed by atoms with Gasteiger partial charge in [-0.3, -0.25) is 4.99 Å². The van der Waals surface area contributed by atoms with Gasteiger partial charge in [-0.25, -0.2) is 9.97 Å². The van der Waals surface area contributed by atoms with Gasteiger partial charge in [0.1, 0.15) is 5.69 Å². The minimum atomic E-state index is -4.47. The van der Waals surface area contributed by atoms with Crippen LogP contribution in [0.4, 0.5) is 19.1 Å². The molecule has 6 nitrogen and oxygen atoms in total. The van der Waals surface area contributed by atoms with Crippen LogP contribution in [-0.4, -0.2) is 53.6 Å². The molecule has 1 fully saturated rings.